The summed E-state index contributed by atoms with van der Waals surface area (Å²) in [6, 6.07) is 0. The summed E-state index contributed by atoms with van der Waals surface area (Å²) in [5.41, 5.74) is 1.82. The number of thiazole rings is 1. The molecule has 0 radical (unpaired) electrons. The van der Waals surface area contributed by atoms with Crippen molar-refractivity contribution in [2.45, 2.75) is 51.4 Å². The molecular formula is C14H24N2O2S. The lowest BCUT2D eigenvalue weighted by atomic mass is 9.89. The fourth-order valence-electron chi connectivity index (χ4n) is 2.39. The average molecular weight is 284 g/mol. The van der Waals surface area contributed by atoms with Gasteiger partial charge in [-0.25, -0.2) is 0 Å². The van der Waals surface area contributed by atoms with Crippen LogP contribution in [0.2, 0.25) is 0 Å². The number of aliphatic hydroxyl groups excluding tert-OH is 1. The van der Waals surface area contributed by atoms with Crippen LogP contribution in [0.25, 0.3) is 0 Å². The lowest BCUT2D eigenvalue weighted by Crippen LogP contribution is -2.32. The zero-order valence-corrected chi connectivity index (χ0v) is 12.4. The Labute approximate surface area is 119 Å². The summed E-state index contributed by atoms with van der Waals surface area (Å²) in [5, 5.41) is 13.1. The molecule has 1 unspecified atom stereocenters. The monoisotopic (exact) mass is 284 g/mol. The van der Waals surface area contributed by atoms with Crippen LogP contribution >= 0.6 is 11.3 Å². The summed E-state index contributed by atoms with van der Waals surface area (Å²) in [7, 11) is 0. The molecule has 108 valence electrons. The third kappa shape index (κ3) is 5.57. The quantitative estimate of drug-likeness (QED) is 0.806. The number of nitrogens with zero attached hydrogens (tertiary/aromatic N) is 1. The Bertz CT molecular complexity index is 337. The maximum Gasteiger partial charge on any atom is 0.0897 e. The highest BCUT2D eigenvalue weighted by molar-refractivity contribution is 7.09. The lowest BCUT2D eigenvalue weighted by molar-refractivity contribution is -0.0278. The minimum absolute atomic E-state index is 0.354. The first-order valence-electron chi connectivity index (χ1n) is 7.11. The van der Waals surface area contributed by atoms with Gasteiger partial charge in [0.25, 0.3) is 0 Å². The first kappa shape index (κ1) is 14.9. The maximum absolute atomic E-state index is 9.86. The molecule has 1 aromatic rings. The summed E-state index contributed by atoms with van der Waals surface area (Å²) >= 11 is 1.62. The first-order chi connectivity index (χ1) is 9.24. The van der Waals surface area contributed by atoms with Gasteiger partial charge >= 0.3 is 0 Å². The number of hydrogen-bond donors (Lipinski definition) is 2. The average Bonchev–Trinajstić information content (AvgIpc) is 2.91. The van der Waals surface area contributed by atoms with Crippen molar-refractivity contribution in [1.29, 1.82) is 0 Å². The Morgan fingerprint density at radius 3 is 2.95 bits per heavy atom. The standard InChI is InChI=1S/C14H24N2O2S/c1-11-2-4-13(5-3-11)18-9-12(17)6-15-7-14-8-16-10-19-14/h8,10-13,15,17H,2-7,9H2,1H3. The molecule has 0 spiro atoms. The molecule has 0 aromatic carbocycles. The van der Waals surface area contributed by atoms with Crippen LogP contribution in [0.4, 0.5) is 0 Å². The van der Waals surface area contributed by atoms with Crippen LogP contribution in [-0.2, 0) is 11.3 Å². The minimum Gasteiger partial charge on any atom is -0.389 e. The van der Waals surface area contributed by atoms with E-state index in [0.29, 0.717) is 19.3 Å². The molecule has 1 aromatic heterocycles. The highest BCUT2D eigenvalue weighted by Gasteiger charge is 2.19. The molecule has 0 aliphatic heterocycles. The van der Waals surface area contributed by atoms with Crippen molar-refractivity contribution in [3.05, 3.63) is 16.6 Å². The topological polar surface area (TPSA) is 54.4 Å². The highest BCUT2D eigenvalue weighted by atomic mass is 32.1. The third-order valence-corrected chi connectivity index (χ3v) is 4.43. The van der Waals surface area contributed by atoms with Crippen molar-refractivity contribution in [1.82, 2.24) is 10.3 Å². The van der Waals surface area contributed by atoms with E-state index in [9.17, 15) is 5.11 Å². The summed E-state index contributed by atoms with van der Waals surface area (Å²) in [6.07, 6.45) is 6.57. The van der Waals surface area contributed by atoms with Gasteiger partial charge in [-0.1, -0.05) is 6.92 Å². The predicted octanol–water partition coefficient (Wildman–Crippen LogP) is 2.19. The van der Waals surface area contributed by atoms with Gasteiger partial charge in [0.05, 0.1) is 24.3 Å². The molecule has 1 atom stereocenters. The van der Waals surface area contributed by atoms with E-state index in [4.69, 9.17) is 4.74 Å². The van der Waals surface area contributed by atoms with E-state index in [0.717, 1.165) is 25.3 Å². The van der Waals surface area contributed by atoms with Crippen LogP contribution < -0.4 is 5.32 Å². The van der Waals surface area contributed by atoms with Crippen LogP contribution in [0.1, 0.15) is 37.5 Å². The molecule has 1 aliphatic carbocycles. The number of aromatic nitrogens is 1. The molecule has 1 saturated carbocycles. The number of nitrogens with one attached hydrogen (secondary N) is 1. The largest absolute Gasteiger partial charge is 0.389 e. The minimum atomic E-state index is -0.424. The zero-order chi connectivity index (χ0) is 13.5. The van der Waals surface area contributed by atoms with Gasteiger partial charge in [-0.3, -0.25) is 4.98 Å². The van der Waals surface area contributed by atoms with Crippen molar-refractivity contribution in [3.8, 4) is 0 Å². The number of hydrogen-bond acceptors (Lipinski definition) is 5. The van der Waals surface area contributed by atoms with Gasteiger partial charge < -0.3 is 15.2 Å². The second kappa shape index (κ2) is 7.94. The van der Waals surface area contributed by atoms with Gasteiger partial charge in [-0.2, -0.15) is 0 Å². The van der Waals surface area contributed by atoms with E-state index >= 15 is 0 Å². The van der Waals surface area contributed by atoms with Gasteiger partial charge in [0, 0.05) is 24.2 Å². The Morgan fingerprint density at radius 1 is 1.47 bits per heavy atom. The molecule has 1 aliphatic rings. The van der Waals surface area contributed by atoms with E-state index in [1.807, 2.05) is 11.7 Å². The highest BCUT2D eigenvalue weighted by Crippen LogP contribution is 2.25. The van der Waals surface area contributed by atoms with Gasteiger partial charge in [0.15, 0.2) is 0 Å². The number of ether oxygens (including phenoxy) is 1. The van der Waals surface area contributed by atoms with Crippen molar-refractivity contribution >= 4 is 11.3 Å². The second-order valence-corrected chi connectivity index (χ2v) is 6.44. The van der Waals surface area contributed by atoms with E-state index in [1.54, 1.807) is 11.3 Å². The third-order valence-electron chi connectivity index (χ3n) is 3.65. The molecule has 0 saturated heterocycles. The van der Waals surface area contributed by atoms with Crippen LogP contribution in [0.15, 0.2) is 11.7 Å². The molecule has 1 fully saturated rings. The fraction of sp³-hybridized carbons (Fsp3) is 0.786. The summed E-state index contributed by atoms with van der Waals surface area (Å²) in [6.45, 7) is 4.08. The van der Waals surface area contributed by atoms with Crippen molar-refractivity contribution in [3.63, 3.8) is 0 Å². The summed E-state index contributed by atoms with van der Waals surface area (Å²) in [4.78, 5) is 5.20. The van der Waals surface area contributed by atoms with Crippen molar-refractivity contribution in [2.24, 2.45) is 5.92 Å². The van der Waals surface area contributed by atoms with E-state index in [-0.39, 0.29) is 0 Å². The van der Waals surface area contributed by atoms with Crippen LogP contribution in [0.5, 0.6) is 0 Å². The Balaban J connectivity index is 1.53. The maximum atomic E-state index is 9.86. The Kier molecular flexibility index (Phi) is 6.23. The molecule has 4 nitrogen and oxygen atoms in total. The number of aliphatic hydroxyl groups is 1. The van der Waals surface area contributed by atoms with E-state index < -0.39 is 6.10 Å². The van der Waals surface area contributed by atoms with Gasteiger partial charge in [0.2, 0.25) is 0 Å². The molecule has 2 N–H and O–H groups in total. The normalized spacial score (nSPS) is 25.4. The molecule has 0 bridgehead atoms. The van der Waals surface area contributed by atoms with Crippen LogP contribution in [-0.4, -0.2) is 35.5 Å². The molecular weight excluding hydrogens is 260 g/mol. The smallest absolute Gasteiger partial charge is 0.0897 e. The predicted molar refractivity (Wildman–Crippen MR) is 77.2 cm³/mol. The number of rotatable bonds is 7. The van der Waals surface area contributed by atoms with Crippen LogP contribution in [0.3, 0.4) is 0 Å². The second-order valence-electron chi connectivity index (χ2n) is 5.47. The molecule has 2 rings (SSSR count). The van der Waals surface area contributed by atoms with Crippen molar-refractivity contribution < 1.29 is 9.84 Å². The molecule has 19 heavy (non-hydrogen) atoms. The first-order valence-corrected chi connectivity index (χ1v) is 7.99. The lowest BCUT2D eigenvalue weighted by Gasteiger charge is -2.27. The van der Waals surface area contributed by atoms with Gasteiger partial charge in [-0.05, 0) is 31.6 Å². The van der Waals surface area contributed by atoms with Crippen molar-refractivity contribution in [2.75, 3.05) is 13.2 Å². The zero-order valence-electron chi connectivity index (χ0n) is 11.5. The summed E-state index contributed by atoms with van der Waals surface area (Å²) in [5.74, 6) is 0.839. The van der Waals surface area contributed by atoms with E-state index in [1.165, 1.54) is 17.7 Å². The molecule has 1 heterocycles. The van der Waals surface area contributed by atoms with E-state index in [2.05, 4.69) is 17.2 Å². The SMILES string of the molecule is CC1CCC(OCC(O)CNCc2cncs2)CC1. The van der Waals surface area contributed by atoms with Gasteiger partial charge in [-0.15, -0.1) is 11.3 Å². The van der Waals surface area contributed by atoms with Gasteiger partial charge in [0.1, 0.15) is 0 Å². The fourth-order valence-corrected chi connectivity index (χ4v) is 2.96. The summed E-state index contributed by atoms with van der Waals surface area (Å²) < 4.78 is 5.78. The Morgan fingerprint density at radius 2 is 2.26 bits per heavy atom. The van der Waals surface area contributed by atoms with Crippen LogP contribution in [0, 0.1) is 5.92 Å². The molecule has 0 amide bonds. The molecule has 5 heteroatoms. The Hall–Kier alpha value is -0.490.